The Morgan fingerprint density at radius 3 is 2.55 bits per heavy atom. The highest BCUT2D eigenvalue weighted by Gasteiger charge is 2.10. The number of nitrogen functional groups attached to an aromatic ring is 1. The first kappa shape index (κ1) is 12.3. The Morgan fingerprint density at radius 1 is 1.05 bits per heavy atom. The van der Waals surface area contributed by atoms with E-state index in [9.17, 15) is 0 Å². The monoisotopic (exact) mass is 266 g/mol. The molecule has 0 radical (unpaired) electrons. The minimum atomic E-state index is 0.392. The second kappa shape index (κ2) is 4.73. The average Bonchev–Trinajstić information content (AvgIpc) is 2.78. The lowest BCUT2D eigenvalue weighted by Gasteiger charge is -2.06. The molecule has 0 atom stereocenters. The molecule has 3 rings (SSSR count). The van der Waals surface area contributed by atoms with Crippen molar-refractivity contribution in [2.75, 3.05) is 5.73 Å². The van der Waals surface area contributed by atoms with Gasteiger partial charge in [0.1, 0.15) is 5.82 Å². The molecule has 0 aliphatic carbocycles. The molecule has 2 N–H and O–H groups in total. The molecule has 0 fully saturated rings. The van der Waals surface area contributed by atoms with Gasteiger partial charge in [0.2, 0.25) is 0 Å². The number of pyridine rings is 1. The molecule has 0 unspecified atom stereocenters. The summed E-state index contributed by atoms with van der Waals surface area (Å²) in [5.41, 5.74) is 9.17. The van der Waals surface area contributed by atoms with Gasteiger partial charge in [-0.3, -0.25) is 4.98 Å². The molecule has 100 valence electrons. The van der Waals surface area contributed by atoms with Crippen LogP contribution in [0.4, 0.5) is 5.82 Å². The first-order valence-corrected chi connectivity index (χ1v) is 6.23. The summed E-state index contributed by atoms with van der Waals surface area (Å²) in [6, 6.07) is 9.32. The smallest absolute Gasteiger partial charge is 0.253 e. The van der Waals surface area contributed by atoms with Gasteiger partial charge in [0, 0.05) is 18.0 Å². The standard InChI is InChI=1S/C14H14N6/c1-9-7-10(2)20(19-9)14-17-12(8-13(15)18-14)11-5-3-4-6-16-11/h3-8H,1-2H3,(H2,15,17,18). The maximum atomic E-state index is 5.87. The van der Waals surface area contributed by atoms with Crippen molar-refractivity contribution in [3.05, 3.63) is 47.9 Å². The lowest BCUT2D eigenvalue weighted by molar-refractivity contribution is 0.776. The minimum absolute atomic E-state index is 0.392. The lowest BCUT2D eigenvalue weighted by atomic mass is 10.2. The second-order valence-electron chi connectivity index (χ2n) is 4.53. The van der Waals surface area contributed by atoms with Crippen LogP contribution in [0.15, 0.2) is 36.5 Å². The Hall–Kier alpha value is -2.76. The Balaban J connectivity index is 2.14. The zero-order valence-corrected chi connectivity index (χ0v) is 11.3. The zero-order valence-electron chi connectivity index (χ0n) is 11.3. The van der Waals surface area contributed by atoms with Crippen LogP contribution in [-0.2, 0) is 0 Å². The van der Waals surface area contributed by atoms with Gasteiger partial charge >= 0.3 is 0 Å². The number of anilines is 1. The number of nitrogens with two attached hydrogens (primary N) is 1. The molecular formula is C14H14N6. The summed E-state index contributed by atoms with van der Waals surface area (Å²) in [4.78, 5) is 13.0. The van der Waals surface area contributed by atoms with Gasteiger partial charge in [-0.05, 0) is 32.0 Å². The van der Waals surface area contributed by atoms with Gasteiger partial charge in [-0.2, -0.15) is 10.1 Å². The highest BCUT2D eigenvalue weighted by atomic mass is 15.4. The zero-order chi connectivity index (χ0) is 14.1. The molecule has 0 bridgehead atoms. The quantitative estimate of drug-likeness (QED) is 0.766. The van der Waals surface area contributed by atoms with Crippen LogP contribution in [0.1, 0.15) is 11.4 Å². The molecule has 0 saturated heterocycles. The fraction of sp³-hybridized carbons (Fsp3) is 0.143. The van der Waals surface area contributed by atoms with Crippen LogP contribution < -0.4 is 5.73 Å². The Bertz CT molecular complexity index is 748. The van der Waals surface area contributed by atoms with Crippen molar-refractivity contribution in [1.29, 1.82) is 0 Å². The minimum Gasteiger partial charge on any atom is -0.384 e. The molecule has 0 aromatic carbocycles. The van der Waals surface area contributed by atoms with Crippen molar-refractivity contribution in [2.45, 2.75) is 13.8 Å². The molecule has 6 nitrogen and oxygen atoms in total. The van der Waals surface area contributed by atoms with Gasteiger partial charge in [-0.1, -0.05) is 6.07 Å². The van der Waals surface area contributed by atoms with Crippen LogP contribution in [-0.4, -0.2) is 24.7 Å². The maximum Gasteiger partial charge on any atom is 0.253 e. The fourth-order valence-electron chi connectivity index (χ4n) is 2.02. The summed E-state index contributed by atoms with van der Waals surface area (Å²) >= 11 is 0. The first-order valence-electron chi connectivity index (χ1n) is 6.23. The van der Waals surface area contributed by atoms with E-state index in [0.717, 1.165) is 17.1 Å². The van der Waals surface area contributed by atoms with Crippen molar-refractivity contribution < 1.29 is 0 Å². The summed E-state index contributed by atoms with van der Waals surface area (Å²) in [5, 5.41) is 4.37. The van der Waals surface area contributed by atoms with Gasteiger partial charge in [-0.15, -0.1) is 0 Å². The molecule has 6 heteroatoms. The van der Waals surface area contributed by atoms with E-state index in [1.165, 1.54) is 0 Å². The molecule has 0 aliphatic rings. The fourth-order valence-corrected chi connectivity index (χ4v) is 2.02. The van der Waals surface area contributed by atoms with Crippen LogP contribution in [0.3, 0.4) is 0 Å². The van der Waals surface area contributed by atoms with Gasteiger partial charge < -0.3 is 5.73 Å². The number of rotatable bonds is 2. The van der Waals surface area contributed by atoms with Gasteiger partial charge in [0.25, 0.3) is 5.95 Å². The first-order chi connectivity index (χ1) is 9.63. The largest absolute Gasteiger partial charge is 0.384 e. The molecule has 3 aromatic rings. The Kier molecular flexibility index (Phi) is 2.90. The van der Waals surface area contributed by atoms with Crippen LogP contribution >= 0.6 is 0 Å². The van der Waals surface area contributed by atoms with Crippen LogP contribution in [0.25, 0.3) is 17.3 Å². The van der Waals surface area contributed by atoms with Gasteiger partial charge in [0.05, 0.1) is 17.1 Å². The van der Waals surface area contributed by atoms with Gasteiger partial charge in [-0.25, -0.2) is 9.67 Å². The highest BCUT2D eigenvalue weighted by molar-refractivity contribution is 5.58. The summed E-state index contributed by atoms with van der Waals surface area (Å²) in [5.74, 6) is 0.847. The Morgan fingerprint density at radius 2 is 1.90 bits per heavy atom. The molecule has 0 saturated carbocycles. The third-order valence-electron chi connectivity index (χ3n) is 2.86. The lowest BCUT2D eigenvalue weighted by Crippen LogP contribution is -2.08. The summed E-state index contributed by atoms with van der Waals surface area (Å²) in [6.45, 7) is 3.88. The summed E-state index contributed by atoms with van der Waals surface area (Å²) in [7, 11) is 0. The summed E-state index contributed by atoms with van der Waals surface area (Å²) in [6.07, 6.45) is 1.72. The normalized spacial score (nSPS) is 10.7. The third-order valence-corrected chi connectivity index (χ3v) is 2.86. The van der Waals surface area contributed by atoms with E-state index < -0.39 is 0 Å². The van der Waals surface area contributed by atoms with Crippen LogP contribution in [0.5, 0.6) is 0 Å². The van der Waals surface area contributed by atoms with E-state index >= 15 is 0 Å². The van der Waals surface area contributed by atoms with Crippen molar-refractivity contribution in [3.63, 3.8) is 0 Å². The topological polar surface area (TPSA) is 82.5 Å². The van der Waals surface area contributed by atoms with Crippen molar-refractivity contribution in [3.8, 4) is 17.3 Å². The number of hydrogen-bond acceptors (Lipinski definition) is 5. The van der Waals surface area contributed by atoms with E-state index in [2.05, 4.69) is 20.1 Å². The second-order valence-corrected chi connectivity index (χ2v) is 4.53. The number of aryl methyl sites for hydroxylation is 2. The Labute approximate surface area is 116 Å². The SMILES string of the molecule is Cc1cc(C)n(-c2nc(N)cc(-c3ccccn3)n2)n1. The number of hydrogen-bond donors (Lipinski definition) is 1. The van der Waals surface area contributed by atoms with E-state index in [-0.39, 0.29) is 0 Å². The molecule has 20 heavy (non-hydrogen) atoms. The van der Waals surface area contributed by atoms with E-state index in [1.807, 2.05) is 38.1 Å². The van der Waals surface area contributed by atoms with Crippen molar-refractivity contribution >= 4 is 5.82 Å². The predicted octanol–water partition coefficient (Wildman–Crippen LogP) is 1.92. The molecule has 0 spiro atoms. The predicted molar refractivity (Wildman–Crippen MR) is 76.3 cm³/mol. The molecule has 0 aliphatic heterocycles. The molecule has 3 aromatic heterocycles. The van der Waals surface area contributed by atoms with Crippen molar-refractivity contribution in [1.82, 2.24) is 24.7 Å². The number of aromatic nitrogens is 5. The number of nitrogens with zero attached hydrogens (tertiary/aromatic N) is 5. The van der Waals surface area contributed by atoms with Crippen LogP contribution in [0, 0.1) is 13.8 Å². The molecule has 3 heterocycles. The van der Waals surface area contributed by atoms with E-state index in [4.69, 9.17) is 5.73 Å². The average molecular weight is 266 g/mol. The van der Waals surface area contributed by atoms with Crippen LogP contribution in [0.2, 0.25) is 0 Å². The van der Waals surface area contributed by atoms with Crippen molar-refractivity contribution in [2.24, 2.45) is 0 Å². The molecular weight excluding hydrogens is 252 g/mol. The van der Waals surface area contributed by atoms with Gasteiger partial charge in [0.15, 0.2) is 0 Å². The maximum absolute atomic E-state index is 5.87. The highest BCUT2D eigenvalue weighted by Crippen LogP contribution is 2.18. The third kappa shape index (κ3) is 2.23. The summed E-state index contributed by atoms with van der Waals surface area (Å²) < 4.78 is 1.68. The van der Waals surface area contributed by atoms with E-state index in [0.29, 0.717) is 17.5 Å². The molecule has 0 amide bonds. The van der Waals surface area contributed by atoms with E-state index in [1.54, 1.807) is 16.9 Å².